The summed E-state index contributed by atoms with van der Waals surface area (Å²) >= 11 is 7.51. The number of rotatable bonds is 13. The Morgan fingerprint density at radius 1 is 1.27 bits per heavy atom. The first-order valence-corrected chi connectivity index (χ1v) is 10.9. The maximum Gasteiger partial charge on any atom is 0.274 e. The lowest BCUT2D eigenvalue weighted by molar-refractivity contribution is -0.404. The first kappa shape index (κ1) is 24.1. The largest absolute Gasteiger partial charge is 0.464 e. The Balaban J connectivity index is 1.73. The number of thioether (sulfide) groups is 1. The van der Waals surface area contributed by atoms with Crippen molar-refractivity contribution in [2.75, 3.05) is 32.9 Å². The quantitative estimate of drug-likeness (QED) is 0.241. The van der Waals surface area contributed by atoms with Crippen molar-refractivity contribution in [3.05, 3.63) is 80.6 Å². The Morgan fingerprint density at radius 2 is 1.97 bits per heavy atom. The maximum atomic E-state index is 10.9. The van der Waals surface area contributed by atoms with Gasteiger partial charge in [0.25, 0.3) is 6.20 Å². The molecule has 0 fully saturated rings. The van der Waals surface area contributed by atoms with E-state index in [2.05, 4.69) is 10.6 Å². The Kier molecular flexibility index (Phi) is 10.0. The second-order valence-electron chi connectivity index (χ2n) is 6.86. The van der Waals surface area contributed by atoms with Crippen LogP contribution in [0.3, 0.4) is 0 Å². The monoisotopic (exact) mass is 454 g/mol. The van der Waals surface area contributed by atoms with E-state index in [9.17, 15) is 15.2 Å². The fourth-order valence-corrected chi connectivity index (χ4v) is 3.47. The van der Waals surface area contributed by atoms with Crippen molar-refractivity contribution >= 4 is 23.4 Å². The summed E-state index contributed by atoms with van der Waals surface area (Å²) in [7, 11) is 3.97. The van der Waals surface area contributed by atoms with Gasteiger partial charge in [0.1, 0.15) is 11.5 Å². The minimum Gasteiger partial charge on any atom is -0.464 e. The molecule has 0 aliphatic carbocycles. The molecule has 10 heteroatoms. The fraction of sp³-hybridized carbons (Fsp3) is 0.400. The highest BCUT2D eigenvalue weighted by atomic mass is 35.5. The number of hydrogen-bond acceptors (Lipinski definition) is 8. The van der Waals surface area contributed by atoms with Crippen molar-refractivity contribution in [3.63, 3.8) is 0 Å². The molecule has 164 valence electrons. The molecular weight excluding hydrogens is 428 g/mol. The van der Waals surface area contributed by atoms with Gasteiger partial charge in [-0.1, -0.05) is 23.7 Å². The van der Waals surface area contributed by atoms with Gasteiger partial charge in [-0.3, -0.25) is 10.1 Å². The molecule has 0 saturated heterocycles. The second-order valence-corrected chi connectivity index (χ2v) is 8.40. The lowest BCUT2D eigenvalue weighted by Crippen LogP contribution is -2.31. The van der Waals surface area contributed by atoms with Crippen LogP contribution in [0.25, 0.3) is 0 Å². The third-order valence-corrected chi connectivity index (χ3v) is 5.20. The predicted molar refractivity (Wildman–Crippen MR) is 120 cm³/mol. The first-order valence-electron chi connectivity index (χ1n) is 9.40. The standard InChI is InChI=1S/C20H27ClN4O4S/c1-24(2)12-17-7-8-18(29-17)14-30-10-9-22-20(13-25(27)28)23-11-19(26)15-3-5-16(21)6-4-15/h3-8,13,19,22-23,26H,9-12,14H2,1-2H3/b20-13-. The predicted octanol–water partition coefficient (Wildman–Crippen LogP) is 3.22. The van der Waals surface area contributed by atoms with E-state index in [1.54, 1.807) is 36.0 Å². The summed E-state index contributed by atoms with van der Waals surface area (Å²) in [6.45, 7) is 1.41. The molecule has 1 heterocycles. The van der Waals surface area contributed by atoms with Crippen molar-refractivity contribution in [3.8, 4) is 0 Å². The fourth-order valence-electron chi connectivity index (χ4n) is 2.60. The van der Waals surface area contributed by atoms with Crippen LogP contribution in [-0.4, -0.2) is 47.9 Å². The minimum absolute atomic E-state index is 0.127. The van der Waals surface area contributed by atoms with Crippen LogP contribution in [-0.2, 0) is 12.3 Å². The molecule has 0 aliphatic heterocycles. The van der Waals surface area contributed by atoms with Gasteiger partial charge in [-0.05, 0) is 43.9 Å². The maximum absolute atomic E-state index is 10.9. The summed E-state index contributed by atoms with van der Waals surface area (Å²) in [5.74, 6) is 3.54. The van der Waals surface area contributed by atoms with Crippen LogP contribution in [0.15, 0.2) is 52.8 Å². The molecule has 30 heavy (non-hydrogen) atoms. The average molecular weight is 455 g/mol. The van der Waals surface area contributed by atoms with Gasteiger partial charge in [0, 0.05) is 23.9 Å². The molecule has 0 aliphatic rings. The number of aliphatic hydroxyl groups excluding tert-OH is 1. The number of hydrogen-bond donors (Lipinski definition) is 3. The summed E-state index contributed by atoms with van der Waals surface area (Å²) in [6, 6.07) is 10.7. The molecule has 0 radical (unpaired) electrons. The molecule has 0 saturated carbocycles. The Bertz CT molecular complexity index is 826. The average Bonchev–Trinajstić information content (AvgIpc) is 3.12. The van der Waals surface area contributed by atoms with Gasteiger partial charge in [-0.25, -0.2) is 0 Å². The Morgan fingerprint density at radius 3 is 2.63 bits per heavy atom. The molecule has 0 bridgehead atoms. The molecule has 0 amide bonds. The van der Waals surface area contributed by atoms with E-state index < -0.39 is 11.0 Å². The van der Waals surface area contributed by atoms with Crippen molar-refractivity contribution < 1.29 is 14.4 Å². The molecule has 1 unspecified atom stereocenters. The van der Waals surface area contributed by atoms with Crippen LogP contribution in [0.1, 0.15) is 23.2 Å². The lowest BCUT2D eigenvalue weighted by Gasteiger charge is -2.15. The molecular formula is C20H27ClN4O4S. The highest BCUT2D eigenvalue weighted by Gasteiger charge is 2.10. The van der Waals surface area contributed by atoms with E-state index in [1.165, 1.54) is 0 Å². The number of nitro groups is 1. The van der Waals surface area contributed by atoms with E-state index >= 15 is 0 Å². The van der Waals surface area contributed by atoms with Crippen LogP contribution in [0.5, 0.6) is 0 Å². The summed E-state index contributed by atoms with van der Waals surface area (Å²) in [6.07, 6.45) is 0.0446. The van der Waals surface area contributed by atoms with Crippen LogP contribution in [0.4, 0.5) is 0 Å². The molecule has 3 N–H and O–H groups in total. The molecule has 2 rings (SSSR count). The van der Waals surface area contributed by atoms with Gasteiger partial charge >= 0.3 is 0 Å². The number of aliphatic hydroxyl groups is 1. The van der Waals surface area contributed by atoms with E-state index in [-0.39, 0.29) is 12.4 Å². The van der Waals surface area contributed by atoms with Crippen molar-refractivity contribution in [1.29, 1.82) is 0 Å². The number of nitrogens with one attached hydrogen (secondary N) is 2. The molecule has 8 nitrogen and oxygen atoms in total. The first-order chi connectivity index (χ1) is 14.3. The van der Waals surface area contributed by atoms with Crippen LogP contribution in [0, 0.1) is 10.1 Å². The van der Waals surface area contributed by atoms with Crippen LogP contribution < -0.4 is 10.6 Å². The van der Waals surface area contributed by atoms with Gasteiger partial charge in [0.2, 0.25) is 0 Å². The zero-order chi connectivity index (χ0) is 21.9. The van der Waals surface area contributed by atoms with Crippen LogP contribution >= 0.6 is 23.4 Å². The number of nitrogens with zero attached hydrogens (tertiary/aromatic N) is 2. The normalized spacial score (nSPS) is 12.8. The molecule has 0 spiro atoms. The molecule has 1 aromatic carbocycles. The van der Waals surface area contributed by atoms with Crippen molar-refractivity contribution in [2.45, 2.75) is 18.4 Å². The van der Waals surface area contributed by atoms with Crippen molar-refractivity contribution in [2.24, 2.45) is 0 Å². The molecule has 2 aromatic rings. The summed E-state index contributed by atoms with van der Waals surface area (Å²) in [5, 5.41) is 27.6. The van der Waals surface area contributed by atoms with E-state index in [1.807, 2.05) is 31.1 Å². The van der Waals surface area contributed by atoms with E-state index in [0.717, 1.165) is 35.8 Å². The SMILES string of the molecule is CN(C)Cc1ccc(CSCCN/C(=C/[N+](=O)[O-])NCC(O)c2ccc(Cl)cc2)o1. The summed E-state index contributed by atoms with van der Waals surface area (Å²) in [5.41, 5.74) is 0.676. The van der Waals surface area contributed by atoms with Crippen molar-refractivity contribution in [1.82, 2.24) is 15.5 Å². The highest BCUT2D eigenvalue weighted by Crippen LogP contribution is 2.17. The smallest absolute Gasteiger partial charge is 0.274 e. The van der Waals surface area contributed by atoms with Gasteiger partial charge in [-0.2, -0.15) is 11.8 Å². The summed E-state index contributed by atoms with van der Waals surface area (Å²) < 4.78 is 5.76. The third kappa shape index (κ3) is 9.08. The Hall–Kier alpha value is -2.20. The van der Waals surface area contributed by atoms with Gasteiger partial charge in [0.05, 0.1) is 23.3 Å². The van der Waals surface area contributed by atoms with Crippen LogP contribution in [0.2, 0.25) is 5.02 Å². The minimum atomic E-state index is -0.816. The lowest BCUT2D eigenvalue weighted by atomic mass is 10.1. The van der Waals surface area contributed by atoms with E-state index in [0.29, 0.717) is 17.1 Å². The Labute approximate surface area is 185 Å². The summed E-state index contributed by atoms with van der Waals surface area (Å²) in [4.78, 5) is 12.4. The van der Waals surface area contributed by atoms with Gasteiger partial charge < -0.3 is 25.1 Å². The zero-order valence-electron chi connectivity index (χ0n) is 17.0. The highest BCUT2D eigenvalue weighted by molar-refractivity contribution is 7.98. The number of benzene rings is 1. The number of furan rings is 1. The third-order valence-electron chi connectivity index (χ3n) is 3.97. The van der Waals surface area contributed by atoms with Gasteiger partial charge in [-0.15, -0.1) is 0 Å². The van der Waals surface area contributed by atoms with E-state index in [4.69, 9.17) is 16.0 Å². The number of halogens is 1. The topological polar surface area (TPSA) is 104 Å². The molecule has 1 aromatic heterocycles. The molecule has 1 atom stereocenters. The zero-order valence-corrected chi connectivity index (χ0v) is 18.6. The van der Waals surface area contributed by atoms with Gasteiger partial charge in [0.15, 0.2) is 5.82 Å². The second kappa shape index (κ2) is 12.5.